The number of para-hydroxylation sites is 3. The van der Waals surface area contributed by atoms with Crippen LogP contribution in [0.5, 0.6) is 11.5 Å². The standard InChI is InChI=1S/C23H29N3O3/c24-22(27)13-12-18-7-6-15-26(17-18)16-14-23(28)25-20-10-4-5-11-21(20)29-19-8-2-1-3-9-19/h1-5,8-11,18H,6-7,12-17H2,(H2,24,27)(H,25,28). The molecule has 1 aliphatic rings. The molecule has 154 valence electrons. The van der Waals surface area contributed by atoms with Crippen LogP contribution in [-0.4, -0.2) is 36.3 Å². The fraction of sp³-hybridized carbons (Fsp3) is 0.391. The lowest BCUT2D eigenvalue weighted by Crippen LogP contribution is -2.37. The van der Waals surface area contributed by atoms with Crippen LogP contribution >= 0.6 is 0 Å². The fourth-order valence-corrected chi connectivity index (χ4v) is 3.68. The van der Waals surface area contributed by atoms with Crippen LogP contribution < -0.4 is 15.8 Å². The molecule has 1 saturated heterocycles. The Bertz CT molecular complexity index is 810. The number of carbonyl (C=O) groups excluding carboxylic acids is 2. The first kappa shape index (κ1) is 20.9. The van der Waals surface area contributed by atoms with Gasteiger partial charge in [-0.25, -0.2) is 0 Å². The molecule has 2 aromatic carbocycles. The van der Waals surface area contributed by atoms with E-state index in [0.717, 1.165) is 38.1 Å². The molecule has 6 heteroatoms. The maximum absolute atomic E-state index is 12.5. The van der Waals surface area contributed by atoms with Gasteiger partial charge < -0.3 is 20.7 Å². The Morgan fingerprint density at radius 3 is 2.62 bits per heavy atom. The van der Waals surface area contributed by atoms with Crippen molar-refractivity contribution in [2.75, 3.05) is 25.0 Å². The average molecular weight is 396 g/mol. The van der Waals surface area contributed by atoms with Gasteiger partial charge in [-0.3, -0.25) is 9.59 Å². The predicted octanol–water partition coefficient (Wildman–Crippen LogP) is 3.79. The van der Waals surface area contributed by atoms with Crippen molar-refractivity contribution < 1.29 is 14.3 Å². The molecular formula is C23H29N3O3. The Balaban J connectivity index is 1.49. The number of likely N-dealkylation sites (tertiary alicyclic amines) is 1. The topological polar surface area (TPSA) is 84.7 Å². The van der Waals surface area contributed by atoms with Crippen LogP contribution in [0.1, 0.15) is 32.1 Å². The normalized spacial score (nSPS) is 16.9. The summed E-state index contributed by atoms with van der Waals surface area (Å²) in [5.74, 6) is 1.56. The van der Waals surface area contributed by atoms with Crippen LogP contribution in [0.4, 0.5) is 5.69 Å². The zero-order chi connectivity index (χ0) is 20.5. The third-order valence-electron chi connectivity index (χ3n) is 5.19. The predicted molar refractivity (Wildman–Crippen MR) is 114 cm³/mol. The second kappa shape index (κ2) is 10.6. The molecule has 3 N–H and O–H groups in total. The molecular weight excluding hydrogens is 366 g/mol. The van der Waals surface area contributed by atoms with Crippen molar-refractivity contribution in [2.45, 2.75) is 32.1 Å². The van der Waals surface area contributed by atoms with E-state index in [0.29, 0.717) is 36.7 Å². The van der Waals surface area contributed by atoms with Gasteiger partial charge >= 0.3 is 0 Å². The van der Waals surface area contributed by atoms with Crippen LogP contribution in [0.15, 0.2) is 54.6 Å². The van der Waals surface area contributed by atoms with Crippen LogP contribution in [0.25, 0.3) is 0 Å². The summed E-state index contributed by atoms with van der Waals surface area (Å²) in [7, 11) is 0. The minimum absolute atomic E-state index is 0.0339. The van der Waals surface area contributed by atoms with Gasteiger partial charge in [0.2, 0.25) is 11.8 Å². The molecule has 0 aromatic heterocycles. The van der Waals surface area contributed by atoms with Gasteiger partial charge in [-0.05, 0) is 56.0 Å². The lowest BCUT2D eigenvalue weighted by Gasteiger charge is -2.32. The van der Waals surface area contributed by atoms with Gasteiger partial charge in [-0.15, -0.1) is 0 Å². The van der Waals surface area contributed by atoms with Crippen molar-refractivity contribution in [3.8, 4) is 11.5 Å². The molecule has 1 heterocycles. The van der Waals surface area contributed by atoms with Crippen LogP contribution in [0.2, 0.25) is 0 Å². The molecule has 2 amide bonds. The molecule has 1 unspecified atom stereocenters. The third-order valence-corrected chi connectivity index (χ3v) is 5.19. The van der Waals surface area contributed by atoms with Crippen molar-refractivity contribution >= 4 is 17.5 Å². The molecule has 1 aliphatic heterocycles. The molecule has 2 aromatic rings. The summed E-state index contributed by atoms with van der Waals surface area (Å²) >= 11 is 0. The summed E-state index contributed by atoms with van der Waals surface area (Å²) in [5, 5.41) is 2.97. The van der Waals surface area contributed by atoms with Gasteiger partial charge in [-0.1, -0.05) is 30.3 Å². The first-order valence-electron chi connectivity index (χ1n) is 10.2. The number of ether oxygens (including phenoxy) is 1. The molecule has 0 aliphatic carbocycles. The van der Waals surface area contributed by atoms with E-state index in [2.05, 4.69) is 10.2 Å². The van der Waals surface area contributed by atoms with E-state index in [1.807, 2.05) is 54.6 Å². The van der Waals surface area contributed by atoms with Gasteiger partial charge in [0, 0.05) is 25.9 Å². The number of rotatable bonds is 9. The van der Waals surface area contributed by atoms with Crippen LogP contribution in [0.3, 0.4) is 0 Å². The Hall–Kier alpha value is -2.86. The number of carbonyl (C=O) groups is 2. The molecule has 0 radical (unpaired) electrons. The second-order valence-electron chi connectivity index (χ2n) is 7.52. The smallest absolute Gasteiger partial charge is 0.225 e. The lowest BCUT2D eigenvalue weighted by molar-refractivity contribution is -0.118. The summed E-state index contributed by atoms with van der Waals surface area (Å²) < 4.78 is 5.90. The average Bonchev–Trinajstić information content (AvgIpc) is 2.73. The van der Waals surface area contributed by atoms with Gasteiger partial charge in [0.05, 0.1) is 5.69 Å². The van der Waals surface area contributed by atoms with Crippen LogP contribution in [0, 0.1) is 5.92 Å². The highest BCUT2D eigenvalue weighted by atomic mass is 16.5. The zero-order valence-electron chi connectivity index (χ0n) is 16.7. The molecule has 0 bridgehead atoms. The summed E-state index contributed by atoms with van der Waals surface area (Å²) in [4.78, 5) is 25.8. The third kappa shape index (κ3) is 6.91. The SMILES string of the molecule is NC(=O)CCC1CCCN(CCC(=O)Nc2ccccc2Oc2ccccc2)C1. The monoisotopic (exact) mass is 395 g/mol. The van der Waals surface area contributed by atoms with Gasteiger partial charge in [0.15, 0.2) is 5.75 Å². The summed E-state index contributed by atoms with van der Waals surface area (Å²) in [5.41, 5.74) is 5.93. The van der Waals surface area contributed by atoms with Gasteiger partial charge in [-0.2, -0.15) is 0 Å². The fourth-order valence-electron chi connectivity index (χ4n) is 3.68. The highest BCUT2D eigenvalue weighted by molar-refractivity contribution is 5.92. The number of nitrogens with one attached hydrogen (secondary N) is 1. The van der Waals surface area contributed by atoms with Gasteiger partial charge in [0.1, 0.15) is 5.75 Å². The number of anilines is 1. The summed E-state index contributed by atoms with van der Waals surface area (Å²) in [6.45, 7) is 2.63. The molecule has 0 spiro atoms. The van der Waals surface area contributed by atoms with E-state index in [4.69, 9.17) is 10.5 Å². The highest BCUT2D eigenvalue weighted by Gasteiger charge is 2.20. The number of primary amides is 1. The quantitative estimate of drug-likeness (QED) is 0.677. The minimum atomic E-state index is -0.238. The van der Waals surface area contributed by atoms with E-state index in [1.54, 1.807) is 0 Å². The number of nitrogens with two attached hydrogens (primary N) is 1. The number of piperidine rings is 1. The van der Waals surface area contributed by atoms with E-state index < -0.39 is 0 Å². The first-order chi connectivity index (χ1) is 14.1. The highest BCUT2D eigenvalue weighted by Crippen LogP contribution is 2.29. The first-order valence-corrected chi connectivity index (χ1v) is 10.2. The summed E-state index contributed by atoms with van der Waals surface area (Å²) in [6.07, 6.45) is 3.92. The Morgan fingerprint density at radius 2 is 1.83 bits per heavy atom. The maximum Gasteiger partial charge on any atom is 0.225 e. The molecule has 3 rings (SSSR count). The second-order valence-corrected chi connectivity index (χ2v) is 7.52. The largest absolute Gasteiger partial charge is 0.455 e. The van der Waals surface area contributed by atoms with Gasteiger partial charge in [0.25, 0.3) is 0 Å². The number of amides is 2. The number of hydrogen-bond acceptors (Lipinski definition) is 4. The van der Waals surface area contributed by atoms with Crippen molar-refractivity contribution in [3.63, 3.8) is 0 Å². The van der Waals surface area contributed by atoms with Crippen LogP contribution in [-0.2, 0) is 9.59 Å². The van der Waals surface area contributed by atoms with Crippen molar-refractivity contribution in [1.29, 1.82) is 0 Å². The molecule has 29 heavy (non-hydrogen) atoms. The molecule has 0 saturated carbocycles. The molecule has 1 fully saturated rings. The summed E-state index contributed by atoms with van der Waals surface area (Å²) in [6, 6.07) is 17.0. The van der Waals surface area contributed by atoms with E-state index in [1.165, 1.54) is 0 Å². The Morgan fingerprint density at radius 1 is 1.07 bits per heavy atom. The maximum atomic E-state index is 12.5. The Kier molecular flexibility index (Phi) is 7.64. The molecule has 1 atom stereocenters. The Labute approximate surface area is 172 Å². The lowest BCUT2D eigenvalue weighted by atomic mass is 9.93. The molecule has 6 nitrogen and oxygen atoms in total. The number of hydrogen-bond donors (Lipinski definition) is 2. The number of benzene rings is 2. The zero-order valence-corrected chi connectivity index (χ0v) is 16.7. The van der Waals surface area contributed by atoms with E-state index >= 15 is 0 Å². The van der Waals surface area contributed by atoms with Crippen molar-refractivity contribution in [3.05, 3.63) is 54.6 Å². The van der Waals surface area contributed by atoms with Crippen molar-refractivity contribution in [2.24, 2.45) is 11.7 Å². The van der Waals surface area contributed by atoms with E-state index in [9.17, 15) is 9.59 Å². The minimum Gasteiger partial charge on any atom is -0.455 e. The van der Waals surface area contributed by atoms with E-state index in [-0.39, 0.29) is 11.8 Å². The van der Waals surface area contributed by atoms with Crippen molar-refractivity contribution in [1.82, 2.24) is 4.90 Å². The number of nitrogens with zero attached hydrogens (tertiary/aromatic N) is 1.